The van der Waals surface area contributed by atoms with Crippen LogP contribution in [0.4, 0.5) is 22.0 Å². The molecule has 0 aliphatic heterocycles. The Labute approximate surface area is 126 Å². The van der Waals surface area contributed by atoms with E-state index in [0.717, 1.165) is 0 Å². The molecule has 2 rings (SSSR count). The van der Waals surface area contributed by atoms with Crippen molar-refractivity contribution in [2.45, 2.75) is 6.61 Å². The third kappa shape index (κ3) is 3.19. The Morgan fingerprint density at radius 3 is 2.05 bits per heavy atom. The van der Waals surface area contributed by atoms with Crippen molar-refractivity contribution in [1.82, 2.24) is 0 Å². The molecule has 0 bridgehead atoms. The average Bonchev–Trinajstić information content (AvgIpc) is 2.52. The van der Waals surface area contributed by atoms with Crippen molar-refractivity contribution in [3.8, 4) is 0 Å². The van der Waals surface area contributed by atoms with E-state index >= 15 is 0 Å². The van der Waals surface area contributed by atoms with Crippen LogP contribution >= 0.6 is 11.6 Å². The second-order valence-corrected chi connectivity index (χ2v) is 4.41. The van der Waals surface area contributed by atoms with E-state index in [1.54, 1.807) is 18.2 Å². The van der Waals surface area contributed by atoms with E-state index in [1.165, 1.54) is 6.07 Å². The van der Waals surface area contributed by atoms with E-state index in [4.69, 9.17) is 11.6 Å². The maximum absolute atomic E-state index is 13.3. The average molecular weight is 335 g/mol. The first-order chi connectivity index (χ1) is 10.4. The van der Waals surface area contributed by atoms with Crippen molar-refractivity contribution in [2.75, 3.05) is 0 Å². The van der Waals surface area contributed by atoms with Gasteiger partial charge >= 0.3 is 0 Å². The predicted octanol–water partition coefficient (Wildman–Crippen LogP) is 4.46. The monoisotopic (exact) mass is 334 g/mol. The van der Waals surface area contributed by atoms with E-state index in [9.17, 15) is 22.0 Å². The summed E-state index contributed by atoms with van der Waals surface area (Å²) in [5.74, 6) is -10.3. The number of rotatable bonds is 4. The minimum Gasteiger partial charge on any atom is -0.390 e. The van der Waals surface area contributed by atoms with Gasteiger partial charge in [-0.2, -0.15) is 0 Å². The van der Waals surface area contributed by atoms with Gasteiger partial charge in [0.2, 0.25) is 5.82 Å². The van der Waals surface area contributed by atoms with Crippen LogP contribution in [0.2, 0.25) is 5.02 Å². The van der Waals surface area contributed by atoms with Crippen LogP contribution in [0.1, 0.15) is 11.1 Å². The molecule has 2 aromatic carbocycles. The van der Waals surface area contributed by atoms with Gasteiger partial charge in [0.15, 0.2) is 23.3 Å². The molecular formula is C14H6ClF5NO. The highest BCUT2D eigenvalue weighted by molar-refractivity contribution is 6.33. The fourth-order valence-corrected chi connectivity index (χ4v) is 1.69. The maximum Gasteiger partial charge on any atom is 0.200 e. The number of nitrogens with zero attached hydrogens (tertiary/aromatic N) is 1. The van der Waals surface area contributed by atoms with Crippen molar-refractivity contribution >= 4 is 17.8 Å². The topological polar surface area (TPSA) is 21.6 Å². The first-order valence-electron chi connectivity index (χ1n) is 5.76. The molecule has 1 radical (unpaired) electrons. The van der Waals surface area contributed by atoms with Crippen molar-refractivity contribution < 1.29 is 26.8 Å². The predicted molar refractivity (Wildman–Crippen MR) is 69.0 cm³/mol. The van der Waals surface area contributed by atoms with Crippen LogP contribution in [0.3, 0.4) is 0 Å². The Morgan fingerprint density at radius 2 is 1.45 bits per heavy atom. The van der Waals surface area contributed by atoms with Crippen molar-refractivity contribution in [2.24, 2.45) is 5.16 Å². The van der Waals surface area contributed by atoms with Crippen LogP contribution < -0.4 is 0 Å². The van der Waals surface area contributed by atoms with Gasteiger partial charge < -0.3 is 4.84 Å². The zero-order chi connectivity index (χ0) is 16.3. The van der Waals surface area contributed by atoms with Gasteiger partial charge in [-0.05, 0) is 6.07 Å². The highest BCUT2D eigenvalue weighted by Gasteiger charge is 2.25. The number of halogens is 6. The molecule has 0 fully saturated rings. The van der Waals surface area contributed by atoms with E-state index in [1.807, 2.05) is 0 Å². The van der Waals surface area contributed by atoms with E-state index < -0.39 is 41.3 Å². The van der Waals surface area contributed by atoms with Crippen molar-refractivity contribution in [3.05, 3.63) is 69.5 Å². The van der Waals surface area contributed by atoms with Gasteiger partial charge in [0.1, 0.15) is 12.8 Å². The Kier molecular flexibility index (Phi) is 4.97. The summed E-state index contributed by atoms with van der Waals surface area (Å²) in [6.45, 7) is -0.955. The van der Waals surface area contributed by atoms with Crippen molar-refractivity contribution in [3.63, 3.8) is 0 Å². The minimum absolute atomic E-state index is 0.297. The Bertz CT molecular complexity index is 706. The lowest BCUT2D eigenvalue weighted by Gasteiger charge is -2.06. The van der Waals surface area contributed by atoms with Gasteiger partial charge in [-0.3, -0.25) is 0 Å². The number of hydrogen-bond donors (Lipinski definition) is 0. The third-order valence-electron chi connectivity index (χ3n) is 2.61. The molecule has 0 aromatic heterocycles. The van der Waals surface area contributed by atoms with E-state index in [2.05, 4.69) is 16.2 Å². The molecule has 0 saturated heterocycles. The molecule has 115 valence electrons. The minimum atomic E-state index is -2.23. The van der Waals surface area contributed by atoms with Crippen LogP contribution in [-0.2, 0) is 11.4 Å². The summed E-state index contributed by atoms with van der Waals surface area (Å²) in [5, 5.41) is 3.55. The van der Waals surface area contributed by atoms with Gasteiger partial charge in [0.05, 0.1) is 10.6 Å². The molecule has 22 heavy (non-hydrogen) atoms. The third-order valence-corrected chi connectivity index (χ3v) is 2.94. The molecule has 2 aromatic rings. The smallest absolute Gasteiger partial charge is 0.200 e. The maximum atomic E-state index is 13.3. The largest absolute Gasteiger partial charge is 0.390 e. The highest BCUT2D eigenvalue weighted by atomic mass is 35.5. The zero-order valence-electron chi connectivity index (χ0n) is 10.6. The van der Waals surface area contributed by atoms with Gasteiger partial charge in [-0.25, -0.2) is 22.0 Å². The zero-order valence-corrected chi connectivity index (χ0v) is 11.4. The highest BCUT2D eigenvalue weighted by Crippen LogP contribution is 2.23. The summed E-state index contributed by atoms with van der Waals surface area (Å²) < 4.78 is 65.4. The second kappa shape index (κ2) is 6.74. The first kappa shape index (κ1) is 16.2. The first-order valence-corrected chi connectivity index (χ1v) is 6.14. The summed E-state index contributed by atoms with van der Waals surface area (Å²) in [6, 6.07) is 6.37. The standard InChI is InChI=1S/C14H6ClF5NO/c15-9-4-2-1-3-7(9)5-21-22-6-8-10(16)12(18)14(20)13(19)11(8)17/h1-4H,6H2. The van der Waals surface area contributed by atoms with Crippen LogP contribution in [0.15, 0.2) is 29.4 Å². The van der Waals surface area contributed by atoms with Crippen LogP contribution in [0.5, 0.6) is 0 Å². The summed E-state index contributed by atoms with van der Waals surface area (Å²) in [5.41, 5.74) is -0.789. The molecule has 8 heteroatoms. The molecule has 0 aliphatic carbocycles. The van der Waals surface area contributed by atoms with Gasteiger partial charge in [0, 0.05) is 5.56 Å². The van der Waals surface area contributed by atoms with Crippen LogP contribution in [0.25, 0.3) is 0 Å². The Balaban J connectivity index is 2.15. The van der Waals surface area contributed by atoms with Gasteiger partial charge in [-0.1, -0.05) is 35.0 Å². The van der Waals surface area contributed by atoms with Gasteiger partial charge in [0.25, 0.3) is 0 Å². The fourth-order valence-electron chi connectivity index (χ4n) is 1.51. The van der Waals surface area contributed by atoms with Crippen LogP contribution in [-0.4, -0.2) is 6.21 Å². The quantitative estimate of drug-likeness (QED) is 0.266. The molecule has 2 nitrogen and oxygen atoms in total. The lowest BCUT2D eigenvalue weighted by atomic mass is 10.2. The molecule has 0 heterocycles. The summed E-state index contributed by atoms with van der Waals surface area (Å²) >= 11 is 5.79. The Morgan fingerprint density at radius 1 is 0.909 bits per heavy atom. The molecule has 0 N–H and O–H groups in total. The molecule has 0 atom stereocenters. The molecule has 0 unspecified atom stereocenters. The summed E-state index contributed by atoms with van der Waals surface area (Å²) in [6.07, 6.45) is 2.33. The second-order valence-electron chi connectivity index (χ2n) is 4.00. The molecule has 0 aliphatic rings. The van der Waals surface area contributed by atoms with E-state index in [0.29, 0.717) is 10.6 Å². The van der Waals surface area contributed by atoms with E-state index in [-0.39, 0.29) is 0 Å². The lowest BCUT2D eigenvalue weighted by molar-refractivity contribution is 0.124. The molecule has 0 spiro atoms. The lowest BCUT2D eigenvalue weighted by Crippen LogP contribution is -2.07. The SMILES string of the molecule is Fc1c(F)c(F)c(CO/N=[C]\c2ccccc2Cl)c(F)c1F. The Hall–Kier alpha value is -2.15. The number of benzene rings is 2. The summed E-state index contributed by atoms with van der Waals surface area (Å²) in [7, 11) is 0. The summed E-state index contributed by atoms with van der Waals surface area (Å²) in [4.78, 5) is 4.51. The normalized spacial score (nSPS) is 11.2. The molecule has 0 amide bonds. The molecule has 0 saturated carbocycles. The van der Waals surface area contributed by atoms with Crippen molar-refractivity contribution in [1.29, 1.82) is 0 Å². The molecular weight excluding hydrogens is 329 g/mol. The van der Waals surface area contributed by atoms with Gasteiger partial charge in [-0.15, -0.1) is 0 Å². The number of hydrogen-bond acceptors (Lipinski definition) is 2. The fraction of sp³-hybridized carbons (Fsp3) is 0.0714. The van der Waals surface area contributed by atoms with Crippen LogP contribution in [0, 0.1) is 29.1 Å².